The SMILES string of the molecule is Oc1c(Oc2ccc3cc4ccccc4cc3c2O)ccc2cc3ccccc3cc12. The molecule has 148 valence electrons. The van der Waals surface area contributed by atoms with Crippen LogP contribution >= 0.6 is 0 Å². The van der Waals surface area contributed by atoms with E-state index in [1.807, 2.05) is 84.9 Å². The first-order chi connectivity index (χ1) is 15.2. The first-order valence-corrected chi connectivity index (χ1v) is 10.1. The van der Waals surface area contributed by atoms with Crippen molar-refractivity contribution in [3.05, 3.63) is 97.1 Å². The van der Waals surface area contributed by atoms with Crippen molar-refractivity contribution in [1.29, 1.82) is 0 Å². The van der Waals surface area contributed by atoms with Gasteiger partial charge in [-0.15, -0.1) is 0 Å². The number of phenolic OH excluding ortho intramolecular Hbond substituents is 2. The summed E-state index contributed by atoms with van der Waals surface area (Å²) in [6, 6.07) is 31.4. The van der Waals surface area contributed by atoms with E-state index in [4.69, 9.17) is 4.74 Å². The van der Waals surface area contributed by atoms with Gasteiger partial charge in [0.2, 0.25) is 0 Å². The highest BCUT2D eigenvalue weighted by Crippen LogP contribution is 2.43. The number of rotatable bonds is 2. The van der Waals surface area contributed by atoms with E-state index in [0.717, 1.165) is 32.3 Å². The molecule has 3 heteroatoms. The number of phenols is 2. The molecule has 0 aliphatic rings. The first-order valence-electron chi connectivity index (χ1n) is 10.1. The zero-order chi connectivity index (χ0) is 20.9. The zero-order valence-corrected chi connectivity index (χ0v) is 16.5. The van der Waals surface area contributed by atoms with Gasteiger partial charge in [0.25, 0.3) is 0 Å². The van der Waals surface area contributed by atoms with Crippen LogP contribution in [0.3, 0.4) is 0 Å². The van der Waals surface area contributed by atoms with Gasteiger partial charge in [-0.1, -0.05) is 60.7 Å². The van der Waals surface area contributed by atoms with Gasteiger partial charge in [-0.25, -0.2) is 0 Å². The van der Waals surface area contributed by atoms with Crippen LogP contribution in [0, 0.1) is 0 Å². The third kappa shape index (κ3) is 2.82. The summed E-state index contributed by atoms with van der Waals surface area (Å²) in [5.74, 6) is 0.721. The average Bonchev–Trinajstić information content (AvgIpc) is 2.80. The summed E-state index contributed by atoms with van der Waals surface area (Å²) >= 11 is 0. The average molecular weight is 402 g/mol. The lowest BCUT2D eigenvalue weighted by Crippen LogP contribution is -1.88. The lowest BCUT2D eigenvalue weighted by molar-refractivity contribution is 0.390. The van der Waals surface area contributed by atoms with Crippen LogP contribution in [0.2, 0.25) is 0 Å². The molecular weight excluding hydrogens is 384 g/mol. The molecule has 0 radical (unpaired) electrons. The zero-order valence-electron chi connectivity index (χ0n) is 16.5. The van der Waals surface area contributed by atoms with Gasteiger partial charge in [0, 0.05) is 10.8 Å². The second-order valence-corrected chi connectivity index (χ2v) is 7.77. The lowest BCUT2D eigenvalue weighted by atomic mass is 10.0. The van der Waals surface area contributed by atoms with Crippen molar-refractivity contribution in [1.82, 2.24) is 0 Å². The van der Waals surface area contributed by atoms with Crippen molar-refractivity contribution in [2.75, 3.05) is 0 Å². The topological polar surface area (TPSA) is 49.7 Å². The van der Waals surface area contributed by atoms with Crippen LogP contribution in [0.25, 0.3) is 43.1 Å². The lowest BCUT2D eigenvalue weighted by Gasteiger charge is -2.13. The fraction of sp³-hybridized carbons (Fsp3) is 0. The number of hydrogen-bond donors (Lipinski definition) is 2. The van der Waals surface area contributed by atoms with E-state index in [9.17, 15) is 10.2 Å². The van der Waals surface area contributed by atoms with Crippen molar-refractivity contribution >= 4 is 43.1 Å². The molecular formula is C28H18O3. The van der Waals surface area contributed by atoms with E-state index < -0.39 is 0 Å². The van der Waals surface area contributed by atoms with Crippen LogP contribution in [0.15, 0.2) is 97.1 Å². The van der Waals surface area contributed by atoms with E-state index >= 15 is 0 Å². The normalized spacial score (nSPS) is 11.5. The van der Waals surface area contributed by atoms with Gasteiger partial charge >= 0.3 is 0 Å². The third-order valence-corrected chi connectivity index (χ3v) is 5.86. The predicted octanol–water partition coefficient (Wildman–Crippen LogP) is 7.50. The van der Waals surface area contributed by atoms with E-state index in [0.29, 0.717) is 22.3 Å². The minimum Gasteiger partial charge on any atom is -0.504 e. The molecule has 0 bridgehead atoms. The van der Waals surface area contributed by atoms with Crippen LogP contribution < -0.4 is 4.74 Å². The molecule has 6 aromatic carbocycles. The summed E-state index contributed by atoms with van der Waals surface area (Å²) in [6.07, 6.45) is 0. The van der Waals surface area contributed by atoms with E-state index in [1.165, 1.54) is 0 Å². The molecule has 0 saturated heterocycles. The van der Waals surface area contributed by atoms with Crippen LogP contribution in [0.4, 0.5) is 0 Å². The fourth-order valence-corrected chi connectivity index (χ4v) is 4.24. The molecule has 0 heterocycles. The highest BCUT2D eigenvalue weighted by atomic mass is 16.5. The summed E-state index contributed by atoms with van der Waals surface area (Å²) in [6.45, 7) is 0. The monoisotopic (exact) mass is 402 g/mol. The largest absolute Gasteiger partial charge is 0.504 e. The van der Waals surface area contributed by atoms with Gasteiger partial charge < -0.3 is 14.9 Å². The van der Waals surface area contributed by atoms with E-state index in [1.54, 1.807) is 12.1 Å². The molecule has 0 aliphatic heterocycles. The quantitative estimate of drug-likeness (QED) is 0.295. The van der Waals surface area contributed by atoms with Crippen molar-refractivity contribution in [2.24, 2.45) is 0 Å². The number of ether oxygens (including phenoxy) is 1. The Balaban J connectivity index is 1.48. The minimum absolute atomic E-state index is 0.0567. The fourth-order valence-electron chi connectivity index (χ4n) is 4.24. The Kier molecular flexibility index (Phi) is 3.77. The Morgan fingerprint density at radius 1 is 0.419 bits per heavy atom. The van der Waals surface area contributed by atoms with Crippen LogP contribution in [-0.2, 0) is 0 Å². The highest BCUT2D eigenvalue weighted by Gasteiger charge is 2.14. The maximum Gasteiger partial charge on any atom is 0.169 e. The molecule has 0 atom stereocenters. The third-order valence-electron chi connectivity index (χ3n) is 5.86. The number of fused-ring (bicyclic) bond motifs is 4. The standard InChI is InChI=1S/C28H18O3/c29-27-23-15-19-7-3-1-5-17(19)13-21(23)9-11-25(27)31-26-12-10-22-14-18-6-2-4-8-20(18)16-24(22)28(26)30/h1-16,29-30H. The molecule has 0 aliphatic carbocycles. The second-order valence-electron chi connectivity index (χ2n) is 7.77. The summed E-state index contributed by atoms with van der Waals surface area (Å²) in [5.41, 5.74) is 0. The van der Waals surface area contributed by atoms with Gasteiger partial charge in [-0.05, 0) is 68.7 Å². The van der Waals surface area contributed by atoms with Gasteiger partial charge in [0.15, 0.2) is 23.0 Å². The molecule has 3 nitrogen and oxygen atoms in total. The molecule has 0 amide bonds. The summed E-state index contributed by atoms with van der Waals surface area (Å²) in [4.78, 5) is 0. The van der Waals surface area contributed by atoms with Crippen molar-refractivity contribution in [3.63, 3.8) is 0 Å². The Hall–Kier alpha value is -4.24. The van der Waals surface area contributed by atoms with Gasteiger partial charge in [-0.3, -0.25) is 0 Å². The summed E-state index contributed by atoms with van der Waals surface area (Å²) < 4.78 is 5.98. The van der Waals surface area contributed by atoms with Gasteiger partial charge in [0.05, 0.1) is 0 Å². The second kappa shape index (κ2) is 6.64. The van der Waals surface area contributed by atoms with Crippen molar-refractivity contribution < 1.29 is 14.9 Å². The van der Waals surface area contributed by atoms with Crippen LogP contribution in [0.5, 0.6) is 23.0 Å². The van der Waals surface area contributed by atoms with Crippen molar-refractivity contribution in [3.8, 4) is 23.0 Å². The molecule has 0 aromatic heterocycles. The number of hydrogen-bond acceptors (Lipinski definition) is 3. The van der Waals surface area contributed by atoms with Crippen LogP contribution in [0.1, 0.15) is 0 Å². The molecule has 2 N–H and O–H groups in total. The van der Waals surface area contributed by atoms with Gasteiger partial charge in [-0.2, -0.15) is 0 Å². The first kappa shape index (κ1) is 17.6. The number of aromatic hydroxyl groups is 2. The number of benzene rings is 6. The molecule has 6 aromatic rings. The Morgan fingerprint density at radius 3 is 1.23 bits per heavy atom. The molecule has 0 saturated carbocycles. The molecule has 31 heavy (non-hydrogen) atoms. The smallest absolute Gasteiger partial charge is 0.169 e. The predicted molar refractivity (Wildman–Crippen MR) is 126 cm³/mol. The Bertz CT molecular complexity index is 1510. The Morgan fingerprint density at radius 2 is 0.806 bits per heavy atom. The molecule has 0 fully saturated rings. The molecule has 6 rings (SSSR count). The van der Waals surface area contributed by atoms with Crippen molar-refractivity contribution in [2.45, 2.75) is 0 Å². The van der Waals surface area contributed by atoms with E-state index in [2.05, 4.69) is 0 Å². The molecule has 0 spiro atoms. The van der Waals surface area contributed by atoms with Crippen LogP contribution in [-0.4, -0.2) is 10.2 Å². The Labute approximate surface area is 178 Å². The summed E-state index contributed by atoms with van der Waals surface area (Å²) in [7, 11) is 0. The van der Waals surface area contributed by atoms with E-state index in [-0.39, 0.29) is 11.5 Å². The minimum atomic E-state index is 0.0567. The van der Waals surface area contributed by atoms with Gasteiger partial charge in [0.1, 0.15) is 0 Å². The maximum atomic E-state index is 10.9. The molecule has 0 unspecified atom stereocenters. The maximum absolute atomic E-state index is 10.9. The summed E-state index contributed by atoms with van der Waals surface area (Å²) in [5, 5.41) is 29.4. The highest BCUT2D eigenvalue weighted by molar-refractivity contribution is 6.03.